The van der Waals surface area contributed by atoms with Crippen LogP contribution >= 0.6 is 27.5 Å². The van der Waals surface area contributed by atoms with E-state index in [1.165, 1.54) is 0 Å². The molecule has 0 aliphatic heterocycles. The van der Waals surface area contributed by atoms with Crippen LogP contribution in [0.1, 0.15) is 32.3 Å². The van der Waals surface area contributed by atoms with Crippen LogP contribution in [0.5, 0.6) is 0 Å². The van der Waals surface area contributed by atoms with Crippen LogP contribution in [0.2, 0.25) is 5.02 Å². The van der Waals surface area contributed by atoms with Gasteiger partial charge in [-0.15, -0.1) is 0 Å². The van der Waals surface area contributed by atoms with Gasteiger partial charge in [0.15, 0.2) is 0 Å². The van der Waals surface area contributed by atoms with E-state index >= 15 is 0 Å². The van der Waals surface area contributed by atoms with Gasteiger partial charge in [0.05, 0.1) is 0 Å². The predicted molar refractivity (Wildman–Crippen MR) is 75.4 cm³/mol. The molecular weight excluding hydrogens is 302 g/mol. The van der Waals surface area contributed by atoms with Gasteiger partial charge in [-0.2, -0.15) is 0 Å². The molecule has 0 saturated carbocycles. The summed E-state index contributed by atoms with van der Waals surface area (Å²) in [7, 11) is 0. The van der Waals surface area contributed by atoms with E-state index in [-0.39, 0.29) is 11.3 Å². The Kier molecular flexibility index (Phi) is 5.17. The molecule has 1 aromatic carbocycles. The lowest BCUT2D eigenvalue weighted by atomic mass is 9.96. The Balaban J connectivity index is 2.57. The van der Waals surface area contributed by atoms with Crippen molar-refractivity contribution in [3.63, 3.8) is 0 Å². The summed E-state index contributed by atoms with van der Waals surface area (Å²) in [5.74, 6) is 0.174. The van der Waals surface area contributed by atoms with Crippen molar-refractivity contribution < 1.29 is 4.79 Å². The summed E-state index contributed by atoms with van der Waals surface area (Å²) in [5, 5.41) is 0.625. The van der Waals surface area contributed by atoms with Gasteiger partial charge in [-0.3, -0.25) is 4.79 Å². The van der Waals surface area contributed by atoms with Gasteiger partial charge in [0.25, 0.3) is 0 Å². The molecule has 2 nitrogen and oxygen atoms in total. The highest BCUT2D eigenvalue weighted by atomic mass is 79.9. The van der Waals surface area contributed by atoms with Crippen LogP contribution in [-0.4, -0.2) is 11.3 Å². The van der Waals surface area contributed by atoms with E-state index in [1.54, 1.807) is 6.07 Å². The molecule has 0 saturated heterocycles. The Labute approximate surface area is 116 Å². The molecule has 2 N–H and O–H groups in total. The number of carbonyl (C=O) groups excluding carboxylic acids is 1. The Morgan fingerprint density at radius 1 is 1.47 bits per heavy atom. The fourth-order valence-electron chi connectivity index (χ4n) is 1.43. The van der Waals surface area contributed by atoms with Crippen molar-refractivity contribution in [1.82, 2.24) is 0 Å². The number of rotatable bonds is 5. The van der Waals surface area contributed by atoms with Crippen LogP contribution in [0.4, 0.5) is 0 Å². The van der Waals surface area contributed by atoms with Crippen LogP contribution in [0, 0.1) is 0 Å². The number of carbonyl (C=O) groups is 1. The van der Waals surface area contributed by atoms with Crippen molar-refractivity contribution in [2.24, 2.45) is 5.73 Å². The Morgan fingerprint density at radius 2 is 2.12 bits per heavy atom. The maximum absolute atomic E-state index is 11.8. The van der Waals surface area contributed by atoms with Gasteiger partial charge in [0.1, 0.15) is 5.78 Å². The zero-order valence-electron chi connectivity index (χ0n) is 10.1. The van der Waals surface area contributed by atoms with Gasteiger partial charge in [-0.25, -0.2) is 0 Å². The van der Waals surface area contributed by atoms with Crippen LogP contribution in [0.25, 0.3) is 0 Å². The smallest absolute Gasteiger partial charge is 0.137 e. The number of benzene rings is 1. The van der Waals surface area contributed by atoms with E-state index in [0.29, 0.717) is 24.3 Å². The Hall–Kier alpha value is -0.380. The molecule has 0 spiro atoms. The maximum Gasteiger partial charge on any atom is 0.137 e. The van der Waals surface area contributed by atoms with Crippen molar-refractivity contribution in [3.8, 4) is 0 Å². The minimum absolute atomic E-state index is 0.174. The molecule has 94 valence electrons. The van der Waals surface area contributed by atoms with Crippen LogP contribution in [0.3, 0.4) is 0 Å². The number of ketones is 1. The fourth-order valence-corrected chi connectivity index (χ4v) is 2.17. The Bertz CT molecular complexity index is 412. The second-order valence-corrected chi connectivity index (χ2v) is 6.26. The van der Waals surface area contributed by atoms with Crippen molar-refractivity contribution in [1.29, 1.82) is 0 Å². The third-order valence-electron chi connectivity index (χ3n) is 2.45. The van der Waals surface area contributed by atoms with Crippen molar-refractivity contribution >= 4 is 33.3 Å². The topological polar surface area (TPSA) is 43.1 Å². The first kappa shape index (κ1) is 14.7. The minimum atomic E-state index is -0.292. The molecule has 0 fully saturated rings. The lowest BCUT2D eigenvalue weighted by Gasteiger charge is -2.17. The summed E-state index contributed by atoms with van der Waals surface area (Å²) >= 11 is 9.39. The lowest BCUT2D eigenvalue weighted by Crippen LogP contribution is -2.32. The maximum atomic E-state index is 11.8. The summed E-state index contributed by atoms with van der Waals surface area (Å²) in [6.07, 6.45) is 1.57. The predicted octanol–water partition coefficient (Wildman–Crippen LogP) is 3.73. The first-order chi connectivity index (χ1) is 7.78. The molecule has 1 aromatic rings. The van der Waals surface area contributed by atoms with Crippen LogP contribution in [0.15, 0.2) is 22.7 Å². The third-order valence-corrected chi connectivity index (χ3v) is 3.30. The molecule has 0 bridgehead atoms. The largest absolute Gasteiger partial charge is 0.326 e. The van der Waals surface area contributed by atoms with Crippen molar-refractivity contribution in [2.75, 3.05) is 0 Å². The van der Waals surface area contributed by atoms with E-state index in [2.05, 4.69) is 15.9 Å². The van der Waals surface area contributed by atoms with E-state index < -0.39 is 0 Å². The zero-order chi connectivity index (χ0) is 13.1. The van der Waals surface area contributed by atoms with Gasteiger partial charge in [-0.05, 0) is 38.0 Å². The first-order valence-corrected chi connectivity index (χ1v) is 6.69. The normalized spacial score (nSPS) is 11.6. The zero-order valence-corrected chi connectivity index (χ0v) is 12.4. The quantitative estimate of drug-likeness (QED) is 0.899. The second-order valence-electron chi connectivity index (χ2n) is 4.94. The molecule has 1 rings (SSSR count). The number of Topliss-reactive ketones (excluding diaryl/α,β-unsaturated/α-hetero) is 1. The van der Waals surface area contributed by atoms with E-state index in [0.717, 1.165) is 10.0 Å². The molecule has 0 aliphatic rings. The minimum Gasteiger partial charge on any atom is -0.326 e. The molecule has 0 aromatic heterocycles. The highest BCUT2D eigenvalue weighted by Gasteiger charge is 2.14. The van der Waals surface area contributed by atoms with Gasteiger partial charge in [0, 0.05) is 27.9 Å². The molecule has 0 atom stereocenters. The van der Waals surface area contributed by atoms with E-state index in [4.69, 9.17) is 17.3 Å². The summed E-state index contributed by atoms with van der Waals surface area (Å²) in [6, 6.07) is 5.57. The molecule has 0 amide bonds. The average Bonchev–Trinajstić information content (AvgIpc) is 2.18. The third kappa shape index (κ3) is 5.66. The molecule has 0 unspecified atom stereocenters. The Morgan fingerprint density at radius 3 is 2.65 bits per heavy atom. The molecule has 17 heavy (non-hydrogen) atoms. The van der Waals surface area contributed by atoms with Crippen LogP contribution < -0.4 is 5.73 Å². The monoisotopic (exact) mass is 317 g/mol. The van der Waals surface area contributed by atoms with Crippen molar-refractivity contribution in [2.45, 2.75) is 38.6 Å². The van der Waals surface area contributed by atoms with Crippen molar-refractivity contribution in [3.05, 3.63) is 33.3 Å². The molecular formula is C13H17BrClNO. The molecule has 4 heteroatoms. The highest BCUT2D eigenvalue weighted by molar-refractivity contribution is 9.10. The lowest BCUT2D eigenvalue weighted by molar-refractivity contribution is -0.118. The number of halogens is 2. The summed E-state index contributed by atoms with van der Waals surface area (Å²) < 4.78 is 0.918. The highest BCUT2D eigenvalue weighted by Crippen LogP contribution is 2.22. The van der Waals surface area contributed by atoms with E-state index in [1.807, 2.05) is 26.0 Å². The van der Waals surface area contributed by atoms with E-state index in [9.17, 15) is 4.79 Å². The summed E-state index contributed by atoms with van der Waals surface area (Å²) in [4.78, 5) is 11.8. The SMILES string of the molecule is CC(C)(N)CCC(=O)Cc1ccc(Br)cc1Cl. The molecule has 0 radical (unpaired) electrons. The average molecular weight is 319 g/mol. The first-order valence-electron chi connectivity index (χ1n) is 5.52. The van der Waals surface area contributed by atoms with Gasteiger partial charge in [0.2, 0.25) is 0 Å². The van der Waals surface area contributed by atoms with Gasteiger partial charge < -0.3 is 5.73 Å². The summed E-state index contributed by atoms with van der Waals surface area (Å²) in [5.41, 5.74) is 6.42. The fraction of sp³-hybridized carbons (Fsp3) is 0.462. The molecule has 0 heterocycles. The van der Waals surface area contributed by atoms with Gasteiger partial charge >= 0.3 is 0 Å². The summed E-state index contributed by atoms with van der Waals surface area (Å²) in [6.45, 7) is 3.85. The standard InChI is InChI=1S/C13H17BrClNO/c1-13(2,16)6-5-11(17)7-9-3-4-10(14)8-12(9)15/h3-4,8H,5-7,16H2,1-2H3. The number of nitrogens with two attached hydrogens (primary N) is 1. The number of hydrogen-bond acceptors (Lipinski definition) is 2. The van der Waals surface area contributed by atoms with Crippen LogP contribution in [-0.2, 0) is 11.2 Å². The number of hydrogen-bond donors (Lipinski definition) is 1. The van der Waals surface area contributed by atoms with Gasteiger partial charge in [-0.1, -0.05) is 33.6 Å². The molecule has 0 aliphatic carbocycles. The second kappa shape index (κ2) is 5.98.